The van der Waals surface area contributed by atoms with Gasteiger partial charge in [-0.05, 0) is 61.0 Å². The highest BCUT2D eigenvalue weighted by atomic mass is 35.5. The molecule has 2 heterocycles. The number of carbonyl (C=O) groups excluding carboxylic acids is 1. The van der Waals surface area contributed by atoms with Crippen molar-refractivity contribution in [3.05, 3.63) is 109 Å². The molecular formula is C27H20ClN3O4S. The lowest BCUT2D eigenvalue weighted by molar-refractivity contribution is -0.384. The summed E-state index contributed by atoms with van der Waals surface area (Å²) in [5.41, 5.74) is 5.34. The second-order valence-electron chi connectivity index (χ2n) is 8.24. The van der Waals surface area contributed by atoms with Gasteiger partial charge in [0.05, 0.1) is 28.3 Å². The molecule has 0 saturated carbocycles. The van der Waals surface area contributed by atoms with Gasteiger partial charge in [0.15, 0.2) is 5.78 Å². The van der Waals surface area contributed by atoms with Gasteiger partial charge in [0.1, 0.15) is 5.75 Å². The van der Waals surface area contributed by atoms with Crippen molar-refractivity contribution in [1.29, 1.82) is 0 Å². The average molecular weight is 518 g/mol. The van der Waals surface area contributed by atoms with E-state index in [1.165, 1.54) is 23.5 Å². The van der Waals surface area contributed by atoms with Gasteiger partial charge in [-0.2, -0.15) is 0 Å². The SMILES string of the molecule is COc1ccc2[nH]c(C)c(Cc3nc(-c4ccc([N+](=O)[O-])cc4)cs3)c2c1C(=O)c1ccc(Cl)cc1. The Morgan fingerprint density at radius 2 is 1.83 bits per heavy atom. The first-order chi connectivity index (χ1) is 17.4. The number of aromatic amines is 1. The van der Waals surface area contributed by atoms with Gasteiger partial charge in [0.25, 0.3) is 5.69 Å². The fraction of sp³-hybridized carbons (Fsp3) is 0.111. The van der Waals surface area contributed by atoms with Gasteiger partial charge >= 0.3 is 0 Å². The van der Waals surface area contributed by atoms with Crippen LogP contribution >= 0.6 is 22.9 Å². The van der Waals surface area contributed by atoms with Gasteiger partial charge in [0, 0.05) is 56.7 Å². The van der Waals surface area contributed by atoms with Gasteiger partial charge in [-0.3, -0.25) is 14.9 Å². The molecule has 0 aliphatic heterocycles. The van der Waals surface area contributed by atoms with Gasteiger partial charge in [-0.1, -0.05) is 11.6 Å². The van der Waals surface area contributed by atoms with Crippen molar-refractivity contribution in [3.8, 4) is 17.0 Å². The zero-order valence-corrected chi connectivity index (χ0v) is 20.9. The third kappa shape index (κ3) is 4.36. The summed E-state index contributed by atoms with van der Waals surface area (Å²) >= 11 is 7.53. The molecule has 7 nitrogen and oxygen atoms in total. The lowest BCUT2D eigenvalue weighted by Gasteiger charge is -2.11. The predicted molar refractivity (Wildman–Crippen MR) is 141 cm³/mol. The van der Waals surface area contributed by atoms with Gasteiger partial charge < -0.3 is 9.72 Å². The number of H-pyrrole nitrogens is 1. The van der Waals surface area contributed by atoms with Crippen molar-refractivity contribution in [3.63, 3.8) is 0 Å². The fourth-order valence-corrected chi connectivity index (χ4v) is 5.20. The molecule has 5 rings (SSSR count). The zero-order chi connectivity index (χ0) is 25.4. The number of nitrogens with zero attached hydrogens (tertiary/aromatic N) is 2. The molecule has 180 valence electrons. The lowest BCUT2D eigenvalue weighted by atomic mass is 9.95. The van der Waals surface area contributed by atoms with E-state index in [9.17, 15) is 14.9 Å². The molecule has 0 radical (unpaired) electrons. The van der Waals surface area contributed by atoms with Crippen molar-refractivity contribution >= 4 is 45.3 Å². The number of hydrogen-bond donors (Lipinski definition) is 1. The van der Waals surface area contributed by atoms with Crippen LogP contribution in [0.4, 0.5) is 5.69 Å². The Bertz CT molecular complexity index is 1610. The van der Waals surface area contributed by atoms with Crippen molar-refractivity contribution < 1.29 is 14.5 Å². The van der Waals surface area contributed by atoms with Crippen LogP contribution in [-0.2, 0) is 6.42 Å². The third-order valence-corrected chi connectivity index (χ3v) is 7.15. The molecule has 1 N–H and O–H groups in total. The van der Waals surface area contributed by atoms with E-state index in [1.54, 1.807) is 49.6 Å². The highest BCUT2D eigenvalue weighted by molar-refractivity contribution is 7.10. The molecule has 0 unspecified atom stereocenters. The number of ether oxygens (including phenoxy) is 1. The molecule has 2 aromatic heterocycles. The Labute approximate surface area is 215 Å². The number of nitrogens with one attached hydrogen (secondary N) is 1. The molecule has 3 aromatic carbocycles. The van der Waals surface area contributed by atoms with E-state index in [1.807, 2.05) is 18.4 Å². The number of aryl methyl sites for hydroxylation is 1. The number of halogens is 1. The van der Waals surface area contributed by atoms with E-state index in [-0.39, 0.29) is 11.5 Å². The summed E-state index contributed by atoms with van der Waals surface area (Å²) in [6.45, 7) is 1.98. The number of hydrogen-bond acceptors (Lipinski definition) is 6. The Balaban J connectivity index is 1.56. The molecule has 0 saturated heterocycles. The summed E-state index contributed by atoms with van der Waals surface area (Å²) in [6, 6.07) is 16.8. The summed E-state index contributed by atoms with van der Waals surface area (Å²) in [7, 11) is 1.55. The molecule has 5 aromatic rings. The first-order valence-corrected chi connectivity index (χ1v) is 12.3. The number of methoxy groups -OCH3 is 1. The van der Waals surface area contributed by atoms with Crippen LogP contribution in [0.2, 0.25) is 5.02 Å². The Hall–Kier alpha value is -4.01. The highest BCUT2D eigenvalue weighted by Crippen LogP contribution is 2.36. The number of fused-ring (bicyclic) bond motifs is 1. The van der Waals surface area contributed by atoms with Crippen LogP contribution in [0.15, 0.2) is 66.0 Å². The Kier molecular flexibility index (Phi) is 6.30. The first-order valence-electron chi connectivity index (χ1n) is 11.0. The van der Waals surface area contributed by atoms with E-state index < -0.39 is 4.92 Å². The average Bonchev–Trinajstić information content (AvgIpc) is 3.48. The largest absolute Gasteiger partial charge is 0.496 e. The number of ketones is 1. The second kappa shape index (κ2) is 9.56. The molecular weight excluding hydrogens is 498 g/mol. The summed E-state index contributed by atoms with van der Waals surface area (Å²) < 4.78 is 5.60. The summed E-state index contributed by atoms with van der Waals surface area (Å²) in [5, 5.41) is 15.1. The molecule has 0 bridgehead atoms. The molecule has 9 heteroatoms. The standard InChI is InChI=1S/C27H20ClN3O4S/c1-15-20(13-24-30-22(14-36-24)16-5-9-19(10-6-16)31(33)34)25-21(29-15)11-12-23(35-2)26(25)27(32)17-3-7-18(28)8-4-17/h3-12,14,29H,13H2,1-2H3. The minimum Gasteiger partial charge on any atom is -0.496 e. The van der Waals surface area contributed by atoms with Crippen molar-refractivity contribution in [2.45, 2.75) is 13.3 Å². The van der Waals surface area contributed by atoms with E-state index in [4.69, 9.17) is 21.3 Å². The molecule has 0 aliphatic carbocycles. The Morgan fingerprint density at radius 3 is 2.50 bits per heavy atom. The predicted octanol–water partition coefficient (Wildman–Crippen LogP) is 6.99. The normalized spacial score (nSPS) is 11.1. The minimum absolute atomic E-state index is 0.0375. The first kappa shape index (κ1) is 23.7. The van der Waals surface area contributed by atoms with Gasteiger partial charge in [-0.25, -0.2) is 4.98 Å². The third-order valence-electron chi connectivity index (χ3n) is 6.05. The van der Waals surface area contributed by atoms with Gasteiger partial charge in [0.2, 0.25) is 0 Å². The van der Waals surface area contributed by atoms with Crippen LogP contribution in [-0.4, -0.2) is 27.8 Å². The zero-order valence-electron chi connectivity index (χ0n) is 19.4. The van der Waals surface area contributed by atoms with Crippen molar-refractivity contribution in [2.24, 2.45) is 0 Å². The van der Waals surface area contributed by atoms with E-state index in [0.717, 1.165) is 38.4 Å². The number of rotatable bonds is 7. The second-order valence-corrected chi connectivity index (χ2v) is 9.62. The Morgan fingerprint density at radius 1 is 1.11 bits per heavy atom. The van der Waals surface area contributed by atoms with Gasteiger partial charge in [-0.15, -0.1) is 11.3 Å². The maximum atomic E-state index is 13.6. The van der Waals surface area contributed by atoms with Crippen LogP contribution in [0.3, 0.4) is 0 Å². The van der Waals surface area contributed by atoms with E-state index in [0.29, 0.717) is 28.3 Å². The highest BCUT2D eigenvalue weighted by Gasteiger charge is 2.23. The molecule has 36 heavy (non-hydrogen) atoms. The number of nitro groups is 1. The van der Waals surface area contributed by atoms with Crippen molar-refractivity contribution in [2.75, 3.05) is 7.11 Å². The minimum atomic E-state index is -0.423. The number of non-ortho nitro benzene ring substituents is 1. The molecule has 0 amide bonds. The molecule has 0 aliphatic rings. The van der Waals surface area contributed by atoms with Crippen LogP contribution < -0.4 is 4.74 Å². The fourth-order valence-electron chi connectivity index (χ4n) is 4.26. The maximum Gasteiger partial charge on any atom is 0.269 e. The quantitative estimate of drug-likeness (QED) is 0.142. The molecule has 0 fully saturated rings. The number of aromatic nitrogens is 2. The number of nitro benzene ring substituents is 1. The van der Waals surface area contributed by atoms with E-state index in [2.05, 4.69) is 4.98 Å². The van der Waals surface area contributed by atoms with E-state index >= 15 is 0 Å². The smallest absolute Gasteiger partial charge is 0.269 e. The van der Waals surface area contributed by atoms with Crippen molar-refractivity contribution in [1.82, 2.24) is 9.97 Å². The number of carbonyl (C=O) groups is 1. The topological polar surface area (TPSA) is 98.1 Å². The summed E-state index contributed by atoms with van der Waals surface area (Å²) in [4.78, 5) is 32.3. The lowest BCUT2D eigenvalue weighted by Crippen LogP contribution is -2.06. The molecule has 0 spiro atoms. The monoisotopic (exact) mass is 517 g/mol. The molecule has 0 atom stereocenters. The maximum absolute atomic E-state index is 13.6. The number of thiazole rings is 1. The van der Waals surface area contributed by atoms with Crippen LogP contribution in [0.1, 0.15) is 32.2 Å². The summed E-state index contributed by atoms with van der Waals surface area (Å²) in [5.74, 6) is 0.341. The van der Waals surface area contributed by atoms with Crippen LogP contribution in [0, 0.1) is 17.0 Å². The number of benzene rings is 3. The van der Waals surface area contributed by atoms with Crippen LogP contribution in [0.25, 0.3) is 22.2 Å². The van der Waals surface area contributed by atoms with Crippen LogP contribution in [0.5, 0.6) is 5.75 Å². The summed E-state index contributed by atoms with van der Waals surface area (Å²) in [6.07, 6.45) is 0.511.